The Morgan fingerprint density at radius 2 is 2.12 bits per heavy atom. The van der Waals surface area contributed by atoms with Crippen molar-refractivity contribution in [2.45, 2.75) is 48.8 Å². The fraction of sp³-hybridized carbons (Fsp3) is 0.600. The molecule has 24 heavy (non-hydrogen) atoms. The lowest BCUT2D eigenvalue weighted by Crippen LogP contribution is -2.45. The standard InChI is InChI=1S/C15H22N2O5S2/c18-13(19)7-2-1-3-9-16-15(20)12-6-4-10-17(12)24(21,22)14-8-5-11-23-14/h5,8,11-12H,1-4,6-7,9-10H2,(H,16,20)(H,18,19). The maximum absolute atomic E-state index is 12.6. The van der Waals surface area contributed by atoms with Gasteiger partial charge in [-0.25, -0.2) is 8.42 Å². The monoisotopic (exact) mass is 374 g/mol. The number of carboxylic acids is 1. The molecule has 9 heteroatoms. The summed E-state index contributed by atoms with van der Waals surface area (Å²) in [4.78, 5) is 22.7. The first kappa shape index (κ1) is 18.9. The molecule has 7 nitrogen and oxygen atoms in total. The molecule has 1 aliphatic rings. The van der Waals surface area contributed by atoms with Gasteiger partial charge < -0.3 is 10.4 Å². The van der Waals surface area contributed by atoms with Gasteiger partial charge in [0.1, 0.15) is 10.3 Å². The number of hydrogen-bond acceptors (Lipinski definition) is 5. The molecule has 0 saturated carbocycles. The van der Waals surface area contributed by atoms with E-state index in [0.29, 0.717) is 45.2 Å². The molecule has 134 valence electrons. The lowest BCUT2D eigenvalue weighted by molar-refractivity contribution is -0.137. The van der Waals surface area contributed by atoms with E-state index in [1.54, 1.807) is 17.5 Å². The van der Waals surface area contributed by atoms with Crippen LogP contribution < -0.4 is 5.32 Å². The second-order valence-corrected chi connectivity index (χ2v) is 8.77. The zero-order valence-corrected chi connectivity index (χ0v) is 14.9. The molecule has 2 N–H and O–H groups in total. The molecule has 1 amide bonds. The predicted octanol–water partition coefficient (Wildman–Crippen LogP) is 1.66. The number of carbonyl (C=O) groups is 2. The zero-order chi connectivity index (χ0) is 17.6. The van der Waals surface area contributed by atoms with Crippen LogP contribution in [0.3, 0.4) is 0 Å². The van der Waals surface area contributed by atoms with Crippen LogP contribution in [0.1, 0.15) is 38.5 Å². The minimum atomic E-state index is -3.61. The number of carbonyl (C=O) groups excluding carboxylic acids is 1. The molecule has 1 aromatic rings. The number of unbranched alkanes of at least 4 members (excludes halogenated alkanes) is 2. The maximum Gasteiger partial charge on any atom is 0.303 e. The molecule has 2 heterocycles. The predicted molar refractivity (Wildman–Crippen MR) is 90.3 cm³/mol. The van der Waals surface area contributed by atoms with E-state index in [-0.39, 0.29) is 16.5 Å². The van der Waals surface area contributed by atoms with E-state index >= 15 is 0 Å². The van der Waals surface area contributed by atoms with E-state index in [9.17, 15) is 18.0 Å². The first-order chi connectivity index (χ1) is 11.4. The number of nitrogens with zero attached hydrogens (tertiary/aromatic N) is 1. The van der Waals surface area contributed by atoms with Gasteiger partial charge in [0.25, 0.3) is 10.0 Å². The van der Waals surface area contributed by atoms with E-state index in [1.165, 1.54) is 4.31 Å². The van der Waals surface area contributed by atoms with Gasteiger partial charge in [-0.15, -0.1) is 11.3 Å². The van der Waals surface area contributed by atoms with Crippen molar-refractivity contribution in [3.63, 3.8) is 0 Å². The van der Waals surface area contributed by atoms with Crippen LogP contribution in [0.25, 0.3) is 0 Å². The Morgan fingerprint density at radius 3 is 2.79 bits per heavy atom. The van der Waals surface area contributed by atoms with Crippen molar-refractivity contribution in [2.75, 3.05) is 13.1 Å². The second-order valence-electron chi connectivity index (χ2n) is 5.70. The number of rotatable bonds is 9. The van der Waals surface area contributed by atoms with E-state index in [1.807, 2.05) is 0 Å². The molecule has 0 aromatic carbocycles. The number of amides is 1. The highest BCUT2D eigenvalue weighted by Gasteiger charge is 2.39. The number of hydrogen-bond donors (Lipinski definition) is 2. The Bertz CT molecular complexity index is 657. The van der Waals surface area contributed by atoms with Crippen molar-refractivity contribution in [1.29, 1.82) is 0 Å². The third kappa shape index (κ3) is 4.78. The summed E-state index contributed by atoms with van der Waals surface area (Å²) in [6, 6.07) is 2.58. The maximum atomic E-state index is 12.6. The van der Waals surface area contributed by atoms with Gasteiger partial charge in [0.2, 0.25) is 5.91 Å². The summed E-state index contributed by atoms with van der Waals surface area (Å²) < 4.78 is 26.7. The highest BCUT2D eigenvalue weighted by Crippen LogP contribution is 2.28. The minimum Gasteiger partial charge on any atom is -0.481 e. The summed E-state index contributed by atoms with van der Waals surface area (Å²) in [6.45, 7) is 0.790. The van der Waals surface area contributed by atoms with Crippen LogP contribution in [0.2, 0.25) is 0 Å². The molecule has 0 aliphatic carbocycles. The highest BCUT2D eigenvalue weighted by molar-refractivity contribution is 7.91. The quantitative estimate of drug-likeness (QED) is 0.640. The first-order valence-corrected chi connectivity index (χ1v) is 10.3. The van der Waals surface area contributed by atoms with Crippen molar-refractivity contribution in [1.82, 2.24) is 9.62 Å². The Hall–Kier alpha value is -1.45. The molecular formula is C15H22N2O5S2. The average Bonchev–Trinajstić information content (AvgIpc) is 3.21. The molecule has 0 bridgehead atoms. The summed E-state index contributed by atoms with van der Waals surface area (Å²) >= 11 is 1.15. The Labute approximate surface area is 145 Å². The molecule has 1 aliphatic heterocycles. The summed E-state index contributed by atoms with van der Waals surface area (Å²) in [5, 5.41) is 13.0. The van der Waals surface area contributed by atoms with Gasteiger partial charge in [-0.2, -0.15) is 4.31 Å². The summed E-state index contributed by atoms with van der Waals surface area (Å²) in [7, 11) is -3.61. The van der Waals surface area contributed by atoms with Gasteiger partial charge in [-0.1, -0.05) is 12.5 Å². The zero-order valence-electron chi connectivity index (χ0n) is 13.3. The lowest BCUT2D eigenvalue weighted by Gasteiger charge is -2.22. The van der Waals surface area contributed by atoms with Crippen LogP contribution in [0.4, 0.5) is 0 Å². The van der Waals surface area contributed by atoms with E-state index in [0.717, 1.165) is 11.3 Å². The van der Waals surface area contributed by atoms with Gasteiger partial charge in [-0.05, 0) is 37.1 Å². The lowest BCUT2D eigenvalue weighted by atomic mass is 10.2. The van der Waals surface area contributed by atoms with Gasteiger partial charge >= 0.3 is 5.97 Å². The fourth-order valence-corrected chi connectivity index (χ4v) is 5.50. The number of carboxylic acid groups (broad SMARTS) is 1. The molecule has 1 aromatic heterocycles. The Morgan fingerprint density at radius 1 is 1.33 bits per heavy atom. The number of sulfonamides is 1. The van der Waals surface area contributed by atoms with E-state index in [2.05, 4.69) is 5.32 Å². The third-order valence-electron chi connectivity index (χ3n) is 3.93. The summed E-state index contributed by atoms with van der Waals surface area (Å²) in [5.41, 5.74) is 0. The topological polar surface area (TPSA) is 104 Å². The Balaban J connectivity index is 1.84. The Kier molecular flexibility index (Phi) is 6.76. The van der Waals surface area contributed by atoms with Crippen molar-refractivity contribution in [3.8, 4) is 0 Å². The summed E-state index contributed by atoms with van der Waals surface area (Å²) in [5.74, 6) is -1.09. The van der Waals surface area contributed by atoms with Gasteiger partial charge in [-0.3, -0.25) is 9.59 Å². The van der Waals surface area contributed by atoms with Crippen molar-refractivity contribution in [2.24, 2.45) is 0 Å². The number of nitrogens with one attached hydrogen (secondary N) is 1. The third-order valence-corrected chi connectivity index (χ3v) is 7.21. The molecule has 0 radical (unpaired) electrons. The molecule has 1 saturated heterocycles. The minimum absolute atomic E-state index is 0.128. The fourth-order valence-electron chi connectivity index (χ4n) is 2.72. The smallest absolute Gasteiger partial charge is 0.303 e. The molecule has 1 unspecified atom stereocenters. The molecule has 1 fully saturated rings. The van der Waals surface area contributed by atoms with Crippen LogP contribution in [-0.2, 0) is 19.6 Å². The molecule has 0 spiro atoms. The SMILES string of the molecule is O=C(O)CCCCCNC(=O)C1CCCN1S(=O)(=O)c1cccs1. The van der Waals surface area contributed by atoms with Crippen LogP contribution in [0.15, 0.2) is 21.7 Å². The first-order valence-electron chi connectivity index (χ1n) is 7.98. The van der Waals surface area contributed by atoms with Crippen molar-refractivity contribution >= 4 is 33.2 Å². The van der Waals surface area contributed by atoms with Gasteiger partial charge in [0.05, 0.1) is 0 Å². The number of aliphatic carboxylic acids is 1. The average molecular weight is 374 g/mol. The molecular weight excluding hydrogens is 352 g/mol. The van der Waals surface area contributed by atoms with Crippen LogP contribution in [-0.4, -0.2) is 48.8 Å². The molecule has 1 atom stereocenters. The van der Waals surface area contributed by atoms with Crippen molar-refractivity contribution < 1.29 is 23.1 Å². The largest absolute Gasteiger partial charge is 0.481 e. The van der Waals surface area contributed by atoms with Crippen LogP contribution in [0.5, 0.6) is 0 Å². The normalized spacial score (nSPS) is 18.6. The van der Waals surface area contributed by atoms with Crippen LogP contribution >= 0.6 is 11.3 Å². The number of thiophene rings is 1. The van der Waals surface area contributed by atoms with Crippen LogP contribution in [0, 0.1) is 0 Å². The van der Waals surface area contributed by atoms with Gasteiger partial charge in [0, 0.05) is 19.5 Å². The second kappa shape index (κ2) is 8.59. The van der Waals surface area contributed by atoms with E-state index in [4.69, 9.17) is 5.11 Å². The van der Waals surface area contributed by atoms with Crippen molar-refractivity contribution in [3.05, 3.63) is 17.5 Å². The summed E-state index contributed by atoms with van der Waals surface area (Å²) in [6.07, 6.45) is 3.30. The van der Waals surface area contributed by atoms with E-state index < -0.39 is 22.0 Å². The highest BCUT2D eigenvalue weighted by atomic mass is 32.2. The van der Waals surface area contributed by atoms with Gasteiger partial charge in [0.15, 0.2) is 0 Å². The molecule has 2 rings (SSSR count).